The molecule has 14 heavy (non-hydrogen) atoms. The standard InChI is InChI=1S/C12H25NO/c1-5-7-11(3)12(8-6-2)13-9-10-14-4/h11H,5-10H2,1-4H3. The topological polar surface area (TPSA) is 21.6 Å². The molecule has 0 saturated carbocycles. The van der Waals surface area contributed by atoms with Gasteiger partial charge in [0.15, 0.2) is 0 Å². The van der Waals surface area contributed by atoms with E-state index in [-0.39, 0.29) is 0 Å². The molecule has 0 aliphatic rings. The molecule has 0 bridgehead atoms. The van der Waals surface area contributed by atoms with Crippen molar-refractivity contribution >= 4 is 5.71 Å². The van der Waals surface area contributed by atoms with Gasteiger partial charge in [-0.3, -0.25) is 4.99 Å². The minimum absolute atomic E-state index is 0.650. The number of nitrogens with zero attached hydrogens (tertiary/aromatic N) is 1. The van der Waals surface area contributed by atoms with Crippen molar-refractivity contribution in [2.75, 3.05) is 20.3 Å². The van der Waals surface area contributed by atoms with Crippen molar-refractivity contribution in [3.8, 4) is 0 Å². The second-order valence-corrected chi connectivity index (χ2v) is 3.81. The van der Waals surface area contributed by atoms with Crippen molar-refractivity contribution in [2.45, 2.75) is 46.5 Å². The van der Waals surface area contributed by atoms with E-state index in [1.807, 2.05) is 0 Å². The minimum Gasteiger partial charge on any atom is -0.383 e. The van der Waals surface area contributed by atoms with E-state index in [1.165, 1.54) is 25.0 Å². The van der Waals surface area contributed by atoms with Gasteiger partial charge in [-0.15, -0.1) is 0 Å². The molecular formula is C12H25NO. The van der Waals surface area contributed by atoms with Gasteiger partial charge in [-0.25, -0.2) is 0 Å². The Bertz CT molecular complexity index is 154. The highest BCUT2D eigenvalue weighted by Gasteiger charge is 2.07. The maximum absolute atomic E-state index is 5.00. The van der Waals surface area contributed by atoms with Crippen LogP contribution in [0.25, 0.3) is 0 Å². The highest BCUT2D eigenvalue weighted by molar-refractivity contribution is 5.86. The first-order valence-corrected chi connectivity index (χ1v) is 5.78. The fraction of sp³-hybridized carbons (Fsp3) is 0.917. The molecule has 2 nitrogen and oxygen atoms in total. The Kier molecular flexibility index (Phi) is 8.95. The lowest BCUT2D eigenvalue weighted by Gasteiger charge is -2.13. The third-order valence-electron chi connectivity index (χ3n) is 2.41. The summed E-state index contributed by atoms with van der Waals surface area (Å²) in [5.41, 5.74) is 1.38. The van der Waals surface area contributed by atoms with E-state index in [2.05, 4.69) is 25.8 Å². The van der Waals surface area contributed by atoms with E-state index >= 15 is 0 Å². The Morgan fingerprint density at radius 3 is 2.50 bits per heavy atom. The Morgan fingerprint density at radius 1 is 1.29 bits per heavy atom. The van der Waals surface area contributed by atoms with Crippen LogP contribution in [-0.4, -0.2) is 26.0 Å². The molecule has 0 amide bonds. The lowest BCUT2D eigenvalue weighted by molar-refractivity contribution is 0.208. The van der Waals surface area contributed by atoms with E-state index < -0.39 is 0 Å². The summed E-state index contributed by atoms with van der Waals surface area (Å²) < 4.78 is 5.00. The zero-order valence-electron chi connectivity index (χ0n) is 10.2. The molecule has 0 saturated heterocycles. The second kappa shape index (κ2) is 9.20. The summed E-state index contributed by atoms with van der Waals surface area (Å²) in [6.45, 7) is 8.29. The monoisotopic (exact) mass is 199 g/mol. The van der Waals surface area contributed by atoms with Crippen LogP contribution < -0.4 is 0 Å². The molecule has 0 aromatic carbocycles. The van der Waals surface area contributed by atoms with Gasteiger partial charge in [-0.05, 0) is 18.8 Å². The number of rotatable bonds is 8. The van der Waals surface area contributed by atoms with Crippen molar-refractivity contribution < 1.29 is 4.74 Å². The molecule has 2 heteroatoms. The second-order valence-electron chi connectivity index (χ2n) is 3.81. The van der Waals surface area contributed by atoms with Crippen LogP contribution in [0.2, 0.25) is 0 Å². The van der Waals surface area contributed by atoms with Gasteiger partial charge in [0.05, 0.1) is 13.2 Å². The molecule has 84 valence electrons. The SMILES string of the molecule is CCCC(=NCCOC)C(C)CCC. The molecule has 0 aliphatic carbocycles. The molecule has 0 aliphatic heterocycles. The van der Waals surface area contributed by atoms with Crippen molar-refractivity contribution in [3.05, 3.63) is 0 Å². The lowest BCUT2D eigenvalue weighted by Crippen LogP contribution is -2.12. The first kappa shape index (κ1) is 13.6. The van der Waals surface area contributed by atoms with Crippen molar-refractivity contribution in [1.82, 2.24) is 0 Å². The van der Waals surface area contributed by atoms with Crippen molar-refractivity contribution in [1.29, 1.82) is 0 Å². The minimum atomic E-state index is 0.650. The van der Waals surface area contributed by atoms with Crippen LogP contribution in [0.4, 0.5) is 0 Å². The van der Waals surface area contributed by atoms with E-state index in [0.29, 0.717) is 5.92 Å². The van der Waals surface area contributed by atoms with Crippen LogP contribution in [0, 0.1) is 5.92 Å². The van der Waals surface area contributed by atoms with Crippen LogP contribution in [0.3, 0.4) is 0 Å². The van der Waals surface area contributed by atoms with Crippen LogP contribution >= 0.6 is 0 Å². The molecule has 1 unspecified atom stereocenters. The number of ether oxygens (including phenoxy) is 1. The van der Waals surface area contributed by atoms with Gasteiger partial charge in [0.2, 0.25) is 0 Å². The fourth-order valence-corrected chi connectivity index (χ4v) is 1.62. The average molecular weight is 199 g/mol. The Hall–Kier alpha value is -0.370. The van der Waals surface area contributed by atoms with E-state index in [1.54, 1.807) is 7.11 Å². The summed E-state index contributed by atoms with van der Waals surface area (Å²) in [4.78, 5) is 4.61. The highest BCUT2D eigenvalue weighted by atomic mass is 16.5. The molecule has 0 aromatic rings. The predicted molar refractivity (Wildman–Crippen MR) is 63.2 cm³/mol. The van der Waals surface area contributed by atoms with Gasteiger partial charge in [0.1, 0.15) is 0 Å². The van der Waals surface area contributed by atoms with Gasteiger partial charge in [0.25, 0.3) is 0 Å². The Morgan fingerprint density at radius 2 is 2.00 bits per heavy atom. The molecule has 0 spiro atoms. The number of aliphatic imine (C=N–C) groups is 1. The maximum Gasteiger partial charge on any atom is 0.0658 e. The molecular weight excluding hydrogens is 174 g/mol. The Labute approximate surface area is 88.8 Å². The van der Waals surface area contributed by atoms with Gasteiger partial charge in [-0.2, -0.15) is 0 Å². The Balaban J connectivity index is 4.03. The van der Waals surface area contributed by atoms with Gasteiger partial charge in [0, 0.05) is 12.8 Å². The van der Waals surface area contributed by atoms with E-state index in [4.69, 9.17) is 4.74 Å². The van der Waals surface area contributed by atoms with Crippen LogP contribution in [0.1, 0.15) is 46.5 Å². The molecule has 0 N–H and O–H groups in total. The van der Waals surface area contributed by atoms with Crippen molar-refractivity contribution in [3.63, 3.8) is 0 Å². The van der Waals surface area contributed by atoms with Gasteiger partial charge >= 0.3 is 0 Å². The molecule has 1 atom stereocenters. The summed E-state index contributed by atoms with van der Waals surface area (Å²) in [6.07, 6.45) is 4.84. The van der Waals surface area contributed by atoms with Crippen molar-refractivity contribution in [2.24, 2.45) is 10.9 Å². The first-order chi connectivity index (χ1) is 6.76. The molecule has 0 fully saturated rings. The smallest absolute Gasteiger partial charge is 0.0658 e. The zero-order chi connectivity index (χ0) is 10.8. The summed E-state index contributed by atoms with van der Waals surface area (Å²) >= 11 is 0. The molecule has 0 radical (unpaired) electrons. The van der Waals surface area contributed by atoms with Gasteiger partial charge < -0.3 is 4.74 Å². The summed E-state index contributed by atoms with van der Waals surface area (Å²) in [7, 11) is 1.73. The van der Waals surface area contributed by atoms with E-state index in [0.717, 1.165) is 19.6 Å². The van der Waals surface area contributed by atoms with E-state index in [9.17, 15) is 0 Å². The lowest BCUT2D eigenvalue weighted by atomic mass is 9.97. The van der Waals surface area contributed by atoms with Gasteiger partial charge in [-0.1, -0.05) is 33.6 Å². The third kappa shape index (κ3) is 6.14. The predicted octanol–water partition coefficient (Wildman–Crippen LogP) is 3.31. The summed E-state index contributed by atoms with van der Waals surface area (Å²) in [5.74, 6) is 0.650. The number of hydrogen-bond acceptors (Lipinski definition) is 2. The average Bonchev–Trinajstić information content (AvgIpc) is 2.17. The molecule has 0 heterocycles. The fourth-order valence-electron chi connectivity index (χ4n) is 1.62. The molecule has 0 aromatic heterocycles. The third-order valence-corrected chi connectivity index (χ3v) is 2.41. The molecule has 0 rings (SSSR count). The first-order valence-electron chi connectivity index (χ1n) is 5.78. The summed E-state index contributed by atoms with van der Waals surface area (Å²) in [6, 6.07) is 0. The zero-order valence-corrected chi connectivity index (χ0v) is 10.2. The van der Waals surface area contributed by atoms with Crippen LogP contribution in [-0.2, 0) is 4.74 Å². The largest absolute Gasteiger partial charge is 0.383 e. The van der Waals surface area contributed by atoms with Crippen LogP contribution in [0.5, 0.6) is 0 Å². The number of hydrogen-bond donors (Lipinski definition) is 0. The number of methoxy groups -OCH3 is 1. The summed E-state index contributed by atoms with van der Waals surface area (Å²) in [5, 5.41) is 0. The van der Waals surface area contributed by atoms with Crippen LogP contribution in [0.15, 0.2) is 4.99 Å². The normalized spacial score (nSPS) is 14.4. The quantitative estimate of drug-likeness (QED) is 0.434. The maximum atomic E-state index is 5.00. The highest BCUT2D eigenvalue weighted by Crippen LogP contribution is 2.11.